The predicted molar refractivity (Wildman–Crippen MR) is 57.8 cm³/mol. The molecule has 1 atom stereocenters. The van der Waals surface area contributed by atoms with Gasteiger partial charge in [0, 0.05) is 24.6 Å². The Morgan fingerprint density at radius 1 is 1.36 bits per heavy atom. The fourth-order valence-electron chi connectivity index (χ4n) is 1.54. The second-order valence-corrected chi connectivity index (χ2v) is 4.29. The number of rotatable bonds is 2. The van der Waals surface area contributed by atoms with Crippen molar-refractivity contribution >= 4 is 23.2 Å². The highest BCUT2D eigenvalue weighted by Gasteiger charge is 2.28. The topological polar surface area (TPSA) is 32.3 Å². The van der Waals surface area contributed by atoms with Gasteiger partial charge in [-0.1, -0.05) is 35.3 Å². The fourth-order valence-corrected chi connectivity index (χ4v) is 1.96. The summed E-state index contributed by atoms with van der Waals surface area (Å²) in [6.07, 6.45) is -0.512. The van der Waals surface area contributed by atoms with E-state index in [2.05, 4.69) is 5.32 Å². The van der Waals surface area contributed by atoms with Crippen molar-refractivity contribution in [2.24, 2.45) is 5.92 Å². The average Bonchev–Trinajstić information content (AvgIpc) is 2.06. The van der Waals surface area contributed by atoms with Gasteiger partial charge in [0.15, 0.2) is 0 Å². The molecule has 0 aromatic heterocycles. The number of benzene rings is 1. The van der Waals surface area contributed by atoms with Gasteiger partial charge in [-0.3, -0.25) is 0 Å². The maximum absolute atomic E-state index is 9.96. The molecule has 1 heterocycles. The highest BCUT2D eigenvalue weighted by molar-refractivity contribution is 6.42. The van der Waals surface area contributed by atoms with Crippen molar-refractivity contribution in [3.63, 3.8) is 0 Å². The molecule has 0 spiro atoms. The lowest BCUT2D eigenvalue weighted by atomic mass is 9.91. The minimum Gasteiger partial charge on any atom is -0.388 e. The van der Waals surface area contributed by atoms with Gasteiger partial charge in [-0.2, -0.15) is 0 Å². The van der Waals surface area contributed by atoms with Crippen LogP contribution < -0.4 is 5.32 Å². The van der Waals surface area contributed by atoms with Crippen molar-refractivity contribution in [3.8, 4) is 0 Å². The Kier molecular flexibility index (Phi) is 2.98. The van der Waals surface area contributed by atoms with E-state index in [4.69, 9.17) is 23.2 Å². The zero-order valence-electron chi connectivity index (χ0n) is 7.50. The third-order valence-electron chi connectivity index (χ3n) is 2.56. The lowest BCUT2D eigenvalue weighted by Gasteiger charge is -2.32. The summed E-state index contributed by atoms with van der Waals surface area (Å²) in [7, 11) is 0. The van der Waals surface area contributed by atoms with Gasteiger partial charge < -0.3 is 10.4 Å². The molecule has 1 aromatic rings. The zero-order chi connectivity index (χ0) is 10.1. The molecule has 1 aromatic carbocycles. The van der Waals surface area contributed by atoms with Crippen LogP contribution in [0.3, 0.4) is 0 Å². The Hall–Kier alpha value is -0.280. The monoisotopic (exact) mass is 231 g/mol. The second kappa shape index (κ2) is 4.07. The van der Waals surface area contributed by atoms with Crippen LogP contribution in [0.5, 0.6) is 0 Å². The summed E-state index contributed by atoms with van der Waals surface area (Å²) in [6, 6.07) is 5.34. The minimum atomic E-state index is -0.512. The van der Waals surface area contributed by atoms with E-state index in [9.17, 15) is 5.11 Å². The van der Waals surface area contributed by atoms with Gasteiger partial charge in [0.25, 0.3) is 0 Å². The van der Waals surface area contributed by atoms with Gasteiger partial charge in [0.2, 0.25) is 0 Å². The molecule has 14 heavy (non-hydrogen) atoms. The Balaban J connectivity index is 2.26. The zero-order valence-corrected chi connectivity index (χ0v) is 9.02. The normalized spacial score (nSPS) is 19.1. The van der Waals surface area contributed by atoms with Crippen LogP contribution in [0.25, 0.3) is 0 Å². The van der Waals surface area contributed by atoms with Gasteiger partial charge in [-0.25, -0.2) is 0 Å². The Labute approximate surface area is 92.8 Å². The van der Waals surface area contributed by atoms with Gasteiger partial charge in [0.05, 0.1) is 16.1 Å². The number of nitrogens with one attached hydrogen (secondary N) is 1. The number of aliphatic hydroxyl groups is 1. The number of halogens is 2. The summed E-state index contributed by atoms with van der Waals surface area (Å²) in [4.78, 5) is 0. The van der Waals surface area contributed by atoms with Gasteiger partial charge in [-0.05, 0) is 6.07 Å². The first kappa shape index (κ1) is 10.2. The molecule has 2 nitrogen and oxygen atoms in total. The lowest BCUT2D eigenvalue weighted by molar-refractivity contribution is 0.0768. The maximum Gasteiger partial charge on any atom is 0.0857 e. The lowest BCUT2D eigenvalue weighted by Crippen LogP contribution is -2.45. The quantitative estimate of drug-likeness (QED) is 0.819. The molecule has 1 fully saturated rings. The van der Waals surface area contributed by atoms with Crippen molar-refractivity contribution in [3.05, 3.63) is 33.8 Å². The molecule has 0 amide bonds. The number of aliphatic hydroxyl groups excluding tert-OH is 1. The van der Waals surface area contributed by atoms with E-state index in [0.29, 0.717) is 10.0 Å². The van der Waals surface area contributed by atoms with Crippen molar-refractivity contribution in [1.82, 2.24) is 5.32 Å². The molecule has 0 bridgehead atoms. The first-order chi connectivity index (χ1) is 6.70. The molecule has 0 radical (unpaired) electrons. The third-order valence-corrected chi connectivity index (χ3v) is 3.39. The summed E-state index contributed by atoms with van der Waals surface area (Å²) in [5, 5.41) is 14.0. The number of hydrogen-bond acceptors (Lipinski definition) is 2. The summed E-state index contributed by atoms with van der Waals surface area (Å²) >= 11 is 11.9. The molecule has 0 aliphatic carbocycles. The Morgan fingerprint density at radius 2 is 2.07 bits per heavy atom. The van der Waals surface area contributed by atoms with E-state index >= 15 is 0 Å². The van der Waals surface area contributed by atoms with Crippen molar-refractivity contribution < 1.29 is 5.11 Å². The third kappa shape index (κ3) is 1.75. The van der Waals surface area contributed by atoms with Crippen LogP contribution in [-0.4, -0.2) is 18.2 Å². The molecule has 0 saturated carbocycles. The standard InChI is InChI=1S/C10H11Cl2NO/c11-8-3-1-2-7(9(8)12)10(14)6-4-13-5-6/h1-3,6,10,13-14H,4-5H2. The molecule has 76 valence electrons. The fraction of sp³-hybridized carbons (Fsp3) is 0.400. The molecule has 4 heteroatoms. The van der Waals surface area contributed by atoms with Crippen molar-refractivity contribution in [2.45, 2.75) is 6.10 Å². The van der Waals surface area contributed by atoms with E-state index in [1.807, 2.05) is 6.07 Å². The molecule has 1 unspecified atom stereocenters. The summed E-state index contributed by atoms with van der Waals surface area (Å²) in [5.74, 6) is 0.256. The molecule has 2 rings (SSSR count). The van der Waals surface area contributed by atoms with Gasteiger partial charge >= 0.3 is 0 Å². The maximum atomic E-state index is 9.96. The van der Waals surface area contributed by atoms with Crippen molar-refractivity contribution in [1.29, 1.82) is 0 Å². The molecular weight excluding hydrogens is 221 g/mol. The first-order valence-electron chi connectivity index (χ1n) is 4.53. The molecule has 2 N–H and O–H groups in total. The highest BCUT2D eigenvalue weighted by Crippen LogP contribution is 2.34. The van der Waals surface area contributed by atoms with Crippen LogP contribution in [0.4, 0.5) is 0 Å². The largest absolute Gasteiger partial charge is 0.388 e. The Bertz CT molecular complexity index is 339. The average molecular weight is 232 g/mol. The smallest absolute Gasteiger partial charge is 0.0857 e. The number of hydrogen-bond donors (Lipinski definition) is 2. The molecule has 1 saturated heterocycles. The van der Waals surface area contributed by atoms with E-state index in [1.165, 1.54) is 0 Å². The minimum absolute atomic E-state index is 0.256. The molecule has 1 aliphatic rings. The Morgan fingerprint density at radius 3 is 2.64 bits per heavy atom. The van der Waals surface area contributed by atoms with Crippen molar-refractivity contribution in [2.75, 3.05) is 13.1 Å². The summed E-state index contributed by atoms with van der Waals surface area (Å²) in [6.45, 7) is 1.67. The van der Waals surface area contributed by atoms with Crippen LogP contribution in [0, 0.1) is 5.92 Å². The SMILES string of the molecule is OC(c1cccc(Cl)c1Cl)C1CNC1. The summed E-state index contributed by atoms with van der Waals surface area (Å²) < 4.78 is 0. The van der Waals surface area contributed by atoms with Gasteiger partial charge in [0.1, 0.15) is 0 Å². The van der Waals surface area contributed by atoms with Crippen LogP contribution in [0.2, 0.25) is 10.0 Å². The van der Waals surface area contributed by atoms with Crippen LogP contribution >= 0.6 is 23.2 Å². The summed E-state index contributed by atoms with van der Waals surface area (Å²) in [5.41, 5.74) is 0.727. The second-order valence-electron chi connectivity index (χ2n) is 3.51. The molecular formula is C10H11Cl2NO. The van der Waals surface area contributed by atoms with Gasteiger partial charge in [-0.15, -0.1) is 0 Å². The predicted octanol–water partition coefficient (Wildman–Crippen LogP) is 2.25. The van der Waals surface area contributed by atoms with E-state index in [1.54, 1.807) is 12.1 Å². The van der Waals surface area contributed by atoms with Crippen LogP contribution in [-0.2, 0) is 0 Å². The van der Waals surface area contributed by atoms with Crippen LogP contribution in [0.1, 0.15) is 11.7 Å². The first-order valence-corrected chi connectivity index (χ1v) is 5.28. The van der Waals surface area contributed by atoms with E-state index in [-0.39, 0.29) is 5.92 Å². The van der Waals surface area contributed by atoms with E-state index < -0.39 is 6.10 Å². The van der Waals surface area contributed by atoms with Crippen LogP contribution in [0.15, 0.2) is 18.2 Å². The highest BCUT2D eigenvalue weighted by atomic mass is 35.5. The van der Waals surface area contributed by atoms with E-state index in [0.717, 1.165) is 18.7 Å². The molecule has 1 aliphatic heterocycles.